The summed E-state index contributed by atoms with van der Waals surface area (Å²) in [7, 11) is -3.72. The highest BCUT2D eigenvalue weighted by molar-refractivity contribution is 7.89. The lowest BCUT2D eigenvalue weighted by atomic mass is 10.1. The largest absolute Gasteiger partial charge is 0.305 e. The molecule has 1 N–H and O–H groups in total. The Bertz CT molecular complexity index is 1230. The molecule has 9 heteroatoms. The summed E-state index contributed by atoms with van der Waals surface area (Å²) < 4.78 is 29.9. The van der Waals surface area contributed by atoms with Crippen LogP contribution in [-0.4, -0.2) is 39.7 Å². The minimum atomic E-state index is -3.72. The Morgan fingerprint density at radius 3 is 2.71 bits per heavy atom. The van der Waals surface area contributed by atoms with Gasteiger partial charge in [-0.05, 0) is 49.1 Å². The number of hydrogen-bond donors (Lipinski definition) is 1. The Morgan fingerprint density at radius 2 is 1.97 bits per heavy atom. The quantitative estimate of drug-likeness (QED) is 0.657. The molecule has 3 heterocycles. The van der Waals surface area contributed by atoms with Gasteiger partial charge in [-0.1, -0.05) is 26.0 Å². The first kappa shape index (κ1) is 21.2. The van der Waals surface area contributed by atoms with Crippen molar-refractivity contribution >= 4 is 21.7 Å². The first-order valence-corrected chi connectivity index (χ1v) is 11.6. The summed E-state index contributed by atoms with van der Waals surface area (Å²) in [6, 6.07) is 10.4. The van der Waals surface area contributed by atoms with Crippen LogP contribution in [-0.2, 0) is 16.6 Å². The normalized spacial score (nSPS) is 15.2. The second-order valence-electron chi connectivity index (χ2n) is 8.07. The van der Waals surface area contributed by atoms with Gasteiger partial charge in [0.25, 0.3) is 5.91 Å². The zero-order chi connectivity index (χ0) is 22.2. The highest BCUT2D eigenvalue weighted by Crippen LogP contribution is 2.31. The molecule has 0 bridgehead atoms. The molecule has 2 aromatic heterocycles. The van der Waals surface area contributed by atoms with Crippen LogP contribution in [0.4, 0.5) is 5.82 Å². The van der Waals surface area contributed by atoms with Crippen molar-refractivity contribution < 1.29 is 13.2 Å². The maximum atomic E-state index is 13.4. The molecule has 4 rings (SSSR count). The summed E-state index contributed by atoms with van der Waals surface area (Å²) in [4.78, 5) is 21.7. The van der Waals surface area contributed by atoms with Crippen LogP contribution in [0, 0.1) is 12.8 Å². The van der Waals surface area contributed by atoms with Crippen LogP contribution < -0.4 is 5.32 Å². The van der Waals surface area contributed by atoms with Gasteiger partial charge in [0.15, 0.2) is 5.69 Å². The van der Waals surface area contributed by atoms with Crippen LogP contribution >= 0.6 is 0 Å². The molecule has 0 radical (unpaired) electrons. The molecule has 0 aliphatic carbocycles. The van der Waals surface area contributed by atoms with Crippen LogP contribution in [0.5, 0.6) is 0 Å². The van der Waals surface area contributed by atoms with E-state index in [-0.39, 0.29) is 17.1 Å². The third-order valence-electron chi connectivity index (χ3n) is 5.26. The number of aromatic nitrogens is 3. The molecule has 1 aliphatic rings. The number of carbonyl (C=O) groups excluding carboxylic acids is 1. The van der Waals surface area contributed by atoms with Crippen molar-refractivity contribution in [2.24, 2.45) is 5.92 Å². The van der Waals surface area contributed by atoms with Crippen molar-refractivity contribution in [3.05, 3.63) is 65.9 Å². The minimum absolute atomic E-state index is 0.0632. The third kappa shape index (κ3) is 4.11. The topological polar surface area (TPSA) is 97.2 Å². The number of carbonyl (C=O) groups is 1. The predicted octanol–water partition coefficient (Wildman–Crippen LogP) is 3.38. The lowest BCUT2D eigenvalue weighted by molar-refractivity contribution is 0.102. The molecule has 0 saturated heterocycles. The van der Waals surface area contributed by atoms with Gasteiger partial charge < -0.3 is 5.32 Å². The summed E-state index contributed by atoms with van der Waals surface area (Å²) in [5.41, 5.74) is 2.17. The Labute approximate surface area is 182 Å². The highest BCUT2D eigenvalue weighted by atomic mass is 32.2. The Morgan fingerprint density at radius 1 is 1.19 bits per heavy atom. The predicted molar refractivity (Wildman–Crippen MR) is 118 cm³/mol. The van der Waals surface area contributed by atoms with Crippen LogP contribution in [0.15, 0.2) is 53.8 Å². The lowest BCUT2D eigenvalue weighted by Crippen LogP contribution is -2.32. The molecule has 0 saturated carbocycles. The summed E-state index contributed by atoms with van der Waals surface area (Å²) in [6.45, 7) is 6.44. The molecule has 0 unspecified atom stereocenters. The van der Waals surface area contributed by atoms with E-state index < -0.39 is 15.9 Å². The molecule has 8 nitrogen and oxygen atoms in total. The second kappa shape index (κ2) is 8.24. The first-order chi connectivity index (χ1) is 14.8. The summed E-state index contributed by atoms with van der Waals surface area (Å²) >= 11 is 0. The van der Waals surface area contributed by atoms with Crippen LogP contribution in [0.2, 0.25) is 0 Å². The molecule has 162 valence electrons. The molecule has 1 aliphatic heterocycles. The van der Waals surface area contributed by atoms with Gasteiger partial charge in [0.1, 0.15) is 17.0 Å². The van der Waals surface area contributed by atoms with Crippen molar-refractivity contribution in [2.75, 3.05) is 11.9 Å². The van der Waals surface area contributed by atoms with E-state index in [4.69, 9.17) is 0 Å². The van der Waals surface area contributed by atoms with E-state index in [1.54, 1.807) is 41.1 Å². The first-order valence-electron chi connectivity index (χ1n) is 10.2. The molecule has 1 aromatic carbocycles. The van der Waals surface area contributed by atoms with E-state index in [0.717, 1.165) is 5.56 Å². The van der Waals surface area contributed by atoms with E-state index in [1.807, 2.05) is 13.0 Å². The van der Waals surface area contributed by atoms with Crippen LogP contribution in [0.3, 0.4) is 0 Å². The van der Waals surface area contributed by atoms with Gasteiger partial charge in [-0.25, -0.2) is 18.4 Å². The number of pyridine rings is 1. The number of fused-ring (bicyclic) bond motifs is 3. The fourth-order valence-electron chi connectivity index (χ4n) is 3.57. The molecule has 31 heavy (non-hydrogen) atoms. The summed E-state index contributed by atoms with van der Waals surface area (Å²) in [5, 5.41) is 2.77. The monoisotopic (exact) mass is 439 g/mol. The van der Waals surface area contributed by atoms with Gasteiger partial charge >= 0.3 is 0 Å². The van der Waals surface area contributed by atoms with Crippen LogP contribution in [0.1, 0.15) is 42.0 Å². The summed E-state index contributed by atoms with van der Waals surface area (Å²) in [6.07, 6.45) is 3.84. The van der Waals surface area contributed by atoms with Gasteiger partial charge in [0.05, 0.1) is 17.9 Å². The van der Waals surface area contributed by atoms with E-state index in [2.05, 4.69) is 29.1 Å². The Hall–Kier alpha value is -3.04. The van der Waals surface area contributed by atoms with Gasteiger partial charge in [-0.3, -0.25) is 9.36 Å². The number of anilines is 1. The highest BCUT2D eigenvalue weighted by Gasteiger charge is 2.34. The molecule has 0 spiro atoms. The zero-order valence-electron chi connectivity index (χ0n) is 17.7. The van der Waals surface area contributed by atoms with Gasteiger partial charge in [-0.2, -0.15) is 4.31 Å². The van der Waals surface area contributed by atoms with E-state index in [9.17, 15) is 13.2 Å². The molecule has 0 fully saturated rings. The van der Waals surface area contributed by atoms with Gasteiger partial charge in [-0.15, -0.1) is 0 Å². The number of nitrogens with one attached hydrogen (secondary N) is 1. The smallest absolute Gasteiger partial charge is 0.277 e. The average molecular weight is 440 g/mol. The van der Waals surface area contributed by atoms with Gasteiger partial charge in [0.2, 0.25) is 10.0 Å². The van der Waals surface area contributed by atoms with Crippen molar-refractivity contribution in [1.82, 2.24) is 18.8 Å². The van der Waals surface area contributed by atoms with Crippen molar-refractivity contribution in [1.29, 1.82) is 0 Å². The number of rotatable bonds is 5. The van der Waals surface area contributed by atoms with Crippen molar-refractivity contribution in [2.45, 2.75) is 38.6 Å². The fourth-order valence-corrected chi connectivity index (χ4v) is 5.17. The molecular formula is C22H25N5O3S. The number of amides is 1. The molecule has 0 atom stereocenters. The minimum Gasteiger partial charge on any atom is -0.305 e. The number of sulfonamides is 1. The zero-order valence-corrected chi connectivity index (χ0v) is 18.6. The number of hydrogen-bond acceptors (Lipinski definition) is 5. The maximum absolute atomic E-state index is 13.4. The lowest BCUT2D eigenvalue weighted by Gasteiger charge is -2.21. The number of nitrogens with zero attached hydrogens (tertiary/aromatic N) is 4. The van der Waals surface area contributed by atoms with Crippen molar-refractivity contribution in [3.63, 3.8) is 0 Å². The third-order valence-corrected chi connectivity index (χ3v) is 7.16. The number of para-hydroxylation sites is 1. The molecule has 3 aromatic rings. The van der Waals surface area contributed by atoms with E-state index in [1.165, 1.54) is 10.6 Å². The van der Waals surface area contributed by atoms with Crippen LogP contribution in [0.25, 0.3) is 5.69 Å². The van der Waals surface area contributed by atoms with Crippen molar-refractivity contribution in [3.8, 4) is 5.69 Å². The number of benzene rings is 1. The number of aryl methyl sites for hydroxylation is 1. The maximum Gasteiger partial charge on any atom is 0.277 e. The van der Waals surface area contributed by atoms with E-state index >= 15 is 0 Å². The van der Waals surface area contributed by atoms with Gasteiger partial charge in [0, 0.05) is 12.7 Å². The van der Waals surface area contributed by atoms with E-state index in [0.29, 0.717) is 36.1 Å². The average Bonchev–Trinajstić information content (AvgIpc) is 3.10. The Balaban J connectivity index is 1.77. The standard InChI is InChI=1S/C22H25N5O3S/c1-15(2)9-11-26-13-18-21(22(28)25-20-12-16(3)8-10-23-20)24-14-27(18)17-6-4-5-7-19(17)31(26,29)30/h4-8,10,12,14-15H,9,11,13H2,1-3H3,(H,23,25,28). The molecule has 1 amide bonds. The molecular weight excluding hydrogens is 414 g/mol. The summed E-state index contributed by atoms with van der Waals surface area (Å²) in [5.74, 6) is 0.339. The number of imidazole rings is 1. The Kier molecular flexibility index (Phi) is 5.63. The second-order valence-corrected chi connectivity index (χ2v) is 9.98. The SMILES string of the molecule is Cc1ccnc(NC(=O)c2ncn3c2CN(CCC(C)C)S(=O)(=O)c2ccccc2-3)c1. The fraction of sp³-hybridized carbons (Fsp3) is 0.318.